The minimum Gasteiger partial charge on any atom is -0.376 e. The van der Waals surface area contributed by atoms with Gasteiger partial charge in [0, 0.05) is 45.0 Å². The van der Waals surface area contributed by atoms with E-state index < -0.39 is 11.9 Å². The molecule has 1 aromatic heterocycles. The van der Waals surface area contributed by atoms with Crippen molar-refractivity contribution in [3.05, 3.63) is 17.5 Å². The third-order valence-corrected chi connectivity index (χ3v) is 4.49. The van der Waals surface area contributed by atoms with Crippen LogP contribution in [0.1, 0.15) is 24.2 Å². The van der Waals surface area contributed by atoms with Gasteiger partial charge in [0.05, 0.1) is 6.10 Å². The highest BCUT2D eigenvalue weighted by atomic mass is 19.4. The van der Waals surface area contributed by atoms with Crippen LogP contribution in [0.3, 0.4) is 0 Å². The van der Waals surface area contributed by atoms with Crippen LogP contribution in [0.2, 0.25) is 0 Å². The lowest BCUT2D eigenvalue weighted by molar-refractivity contribution is -0.141. The van der Waals surface area contributed by atoms with Gasteiger partial charge in [-0.2, -0.15) is 13.2 Å². The number of piperazine rings is 1. The molecule has 2 amide bonds. The number of carbonyl (C=O) groups excluding carboxylic acids is 1. The molecule has 0 unspecified atom stereocenters. The first-order valence-electron chi connectivity index (χ1n) is 8.65. The van der Waals surface area contributed by atoms with Crippen LogP contribution in [-0.2, 0) is 10.9 Å². The summed E-state index contributed by atoms with van der Waals surface area (Å²) >= 11 is 0. The van der Waals surface area contributed by atoms with E-state index in [1.54, 1.807) is 9.80 Å². The van der Waals surface area contributed by atoms with Crippen LogP contribution >= 0.6 is 0 Å². The predicted octanol–water partition coefficient (Wildman–Crippen LogP) is 1.81. The summed E-state index contributed by atoms with van der Waals surface area (Å²) in [5, 5.41) is 2.85. The summed E-state index contributed by atoms with van der Waals surface area (Å²) < 4.78 is 44.2. The number of nitrogens with zero attached hydrogens (tertiary/aromatic N) is 4. The Morgan fingerprint density at radius 1 is 1.31 bits per heavy atom. The van der Waals surface area contributed by atoms with Crippen molar-refractivity contribution in [2.75, 3.05) is 44.2 Å². The Labute approximate surface area is 149 Å². The molecule has 0 spiro atoms. The van der Waals surface area contributed by atoms with Crippen LogP contribution in [0.4, 0.5) is 23.9 Å². The largest absolute Gasteiger partial charge is 0.433 e. The molecule has 26 heavy (non-hydrogen) atoms. The number of ether oxygens (including phenoxy) is 1. The maximum atomic E-state index is 12.9. The van der Waals surface area contributed by atoms with Crippen molar-refractivity contribution in [1.82, 2.24) is 20.2 Å². The molecule has 144 valence electrons. The van der Waals surface area contributed by atoms with Gasteiger partial charge in [-0.1, -0.05) is 0 Å². The van der Waals surface area contributed by atoms with E-state index in [9.17, 15) is 18.0 Å². The van der Waals surface area contributed by atoms with E-state index in [-0.39, 0.29) is 23.8 Å². The summed E-state index contributed by atoms with van der Waals surface area (Å²) in [5.41, 5.74) is -0.684. The third kappa shape index (κ3) is 4.54. The molecular formula is C16H22F3N5O2. The molecule has 1 N–H and O–H groups in total. The number of alkyl halides is 3. The Hall–Kier alpha value is -2.10. The number of aromatic nitrogens is 2. The molecule has 1 aromatic rings. The molecule has 3 heterocycles. The number of carbonyl (C=O) groups is 1. The molecule has 2 saturated heterocycles. The van der Waals surface area contributed by atoms with E-state index in [1.165, 1.54) is 6.92 Å². The lowest BCUT2D eigenvalue weighted by Gasteiger charge is -2.35. The van der Waals surface area contributed by atoms with Gasteiger partial charge >= 0.3 is 12.2 Å². The summed E-state index contributed by atoms with van der Waals surface area (Å²) in [4.78, 5) is 23.3. The number of aryl methyl sites for hydroxylation is 1. The number of rotatable bonds is 3. The highest BCUT2D eigenvalue weighted by Crippen LogP contribution is 2.29. The first-order chi connectivity index (χ1) is 12.3. The lowest BCUT2D eigenvalue weighted by atomic mass is 10.2. The third-order valence-electron chi connectivity index (χ3n) is 4.49. The minimum atomic E-state index is -4.51. The van der Waals surface area contributed by atoms with E-state index in [2.05, 4.69) is 15.3 Å². The zero-order chi connectivity index (χ0) is 18.7. The Kier molecular flexibility index (Phi) is 5.49. The zero-order valence-corrected chi connectivity index (χ0v) is 14.6. The molecule has 2 aliphatic rings. The van der Waals surface area contributed by atoms with Crippen LogP contribution in [0.25, 0.3) is 0 Å². The van der Waals surface area contributed by atoms with E-state index in [1.807, 2.05) is 0 Å². The van der Waals surface area contributed by atoms with E-state index >= 15 is 0 Å². The average molecular weight is 373 g/mol. The van der Waals surface area contributed by atoms with Crippen LogP contribution < -0.4 is 10.2 Å². The Morgan fingerprint density at radius 3 is 2.65 bits per heavy atom. The maximum absolute atomic E-state index is 12.9. The van der Waals surface area contributed by atoms with Gasteiger partial charge in [0.2, 0.25) is 5.95 Å². The molecular weight excluding hydrogens is 351 g/mol. The fourth-order valence-electron chi connectivity index (χ4n) is 3.07. The predicted molar refractivity (Wildman–Crippen MR) is 87.9 cm³/mol. The molecule has 7 nitrogen and oxygen atoms in total. The SMILES string of the molecule is Cc1cc(C(F)(F)F)nc(N2CCN(C(=O)NC[C@@H]3CCCO3)CC2)n1. The number of nitrogens with one attached hydrogen (secondary N) is 1. The van der Waals surface area contributed by atoms with Crippen LogP contribution in [0.5, 0.6) is 0 Å². The van der Waals surface area contributed by atoms with Crippen LogP contribution in [0.15, 0.2) is 6.07 Å². The fraction of sp³-hybridized carbons (Fsp3) is 0.688. The Morgan fingerprint density at radius 2 is 2.04 bits per heavy atom. The van der Waals surface area contributed by atoms with E-state index in [4.69, 9.17) is 4.74 Å². The van der Waals surface area contributed by atoms with Gasteiger partial charge in [-0.05, 0) is 25.8 Å². The first-order valence-corrected chi connectivity index (χ1v) is 8.65. The van der Waals surface area contributed by atoms with Gasteiger partial charge in [0.15, 0.2) is 0 Å². The topological polar surface area (TPSA) is 70.6 Å². The fourth-order valence-corrected chi connectivity index (χ4v) is 3.07. The number of amides is 2. The summed E-state index contributed by atoms with van der Waals surface area (Å²) in [5.74, 6) is 0.0525. The Bertz CT molecular complexity index is 641. The molecule has 1 atom stereocenters. The van der Waals surface area contributed by atoms with Crippen molar-refractivity contribution >= 4 is 12.0 Å². The van der Waals surface area contributed by atoms with Crippen molar-refractivity contribution in [2.45, 2.75) is 32.0 Å². The average Bonchev–Trinajstić information content (AvgIpc) is 3.12. The lowest BCUT2D eigenvalue weighted by Crippen LogP contribution is -2.53. The molecule has 10 heteroatoms. The smallest absolute Gasteiger partial charge is 0.376 e. The van der Waals surface area contributed by atoms with Crippen molar-refractivity contribution in [3.8, 4) is 0 Å². The zero-order valence-electron chi connectivity index (χ0n) is 14.6. The van der Waals surface area contributed by atoms with Gasteiger partial charge < -0.3 is 19.9 Å². The molecule has 0 aliphatic carbocycles. The van der Waals surface area contributed by atoms with Gasteiger partial charge in [-0.3, -0.25) is 0 Å². The van der Waals surface area contributed by atoms with Crippen molar-refractivity contribution in [1.29, 1.82) is 0 Å². The quantitative estimate of drug-likeness (QED) is 0.875. The van der Waals surface area contributed by atoms with Crippen molar-refractivity contribution in [3.63, 3.8) is 0 Å². The number of urea groups is 1. The maximum Gasteiger partial charge on any atom is 0.433 e. The summed E-state index contributed by atoms with van der Waals surface area (Å²) in [6.07, 6.45) is -2.48. The normalized spacial score (nSPS) is 21.2. The molecule has 2 aliphatic heterocycles. The van der Waals surface area contributed by atoms with Crippen molar-refractivity contribution in [2.24, 2.45) is 0 Å². The highest BCUT2D eigenvalue weighted by Gasteiger charge is 2.34. The molecule has 0 bridgehead atoms. The summed E-state index contributed by atoms with van der Waals surface area (Å²) in [6, 6.07) is 0.749. The second-order valence-electron chi connectivity index (χ2n) is 6.49. The van der Waals surface area contributed by atoms with Crippen molar-refractivity contribution < 1.29 is 22.7 Å². The summed E-state index contributed by atoms with van der Waals surface area (Å²) in [7, 11) is 0. The highest BCUT2D eigenvalue weighted by molar-refractivity contribution is 5.74. The molecule has 0 saturated carbocycles. The second-order valence-corrected chi connectivity index (χ2v) is 6.49. The minimum absolute atomic E-state index is 0.0525. The first kappa shape index (κ1) is 18.7. The van der Waals surface area contributed by atoms with E-state index in [0.29, 0.717) is 32.7 Å². The van der Waals surface area contributed by atoms with Gasteiger partial charge in [-0.25, -0.2) is 14.8 Å². The Balaban J connectivity index is 1.54. The number of anilines is 1. The molecule has 2 fully saturated rings. The summed E-state index contributed by atoms with van der Waals surface area (Å²) in [6.45, 7) is 4.29. The van der Waals surface area contributed by atoms with Crippen LogP contribution in [0, 0.1) is 6.92 Å². The van der Waals surface area contributed by atoms with E-state index in [0.717, 1.165) is 25.5 Å². The molecule has 0 radical (unpaired) electrons. The number of hydrogen-bond acceptors (Lipinski definition) is 5. The van der Waals surface area contributed by atoms with Gasteiger partial charge in [0.1, 0.15) is 5.69 Å². The standard InChI is InChI=1S/C16H22F3N5O2/c1-11-9-13(16(17,18)19)22-14(21-11)23-4-6-24(7-5-23)15(25)20-10-12-3-2-8-26-12/h9,12H,2-8,10H2,1H3,(H,20,25)/t12-/m0/s1. The molecule has 3 rings (SSSR count). The monoisotopic (exact) mass is 373 g/mol. The number of hydrogen-bond donors (Lipinski definition) is 1. The van der Waals surface area contributed by atoms with Gasteiger partial charge in [-0.15, -0.1) is 0 Å². The van der Waals surface area contributed by atoms with Crippen LogP contribution in [-0.4, -0.2) is 66.3 Å². The van der Waals surface area contributed by atoms with Gasteiger partial charge in [0.25, 0.3) is 0 Å². The number of halogens is 3. The molecule has 0 aromatic carbocycles. The second kappa shape index (κ2) is 7.65.